The maximum Gasteiger partial charge on any atom is 0.268 e. The number of nitrogens with one attached hydrogen (secondary N) is 1. The molecule has 128 valence electrons. The smallest absolute Gasteiger partial charge is 0.268 e. The maximum atomic E-state index is 11.1. The van der Waals surface area contributed by atoms with E-state index in [1.165, 1.54) is 11.3 Å². The summed E-state index contributed by atoms with van der Waals surface area (Å²) in [5, 5.41) is 6.02. The highest BCUT2D eigenvalue weighted by Gasteiger charge is 2.25. The minimum atomic E-state index is -0.560. The molecule has 0 aliphatic rings. The van der Waals surface area contributed by atoms with Crippen molar-refractivity contribution >= 4 is 34.8 Å². The summed E-state index contributed by atoms with van der Waals surface area (Å²) >= 11 is 7.53. The molecule has 3 aromatic heterocycles. The summed E-state index contributed by atoms with van der Waals surface area (Å²) in [6.45, 7) is 3.89. The molecule has 0 saturated carbocycles. The van der Waals surface area contributed by atoms with Crippen molar-refractivity contribution in [2.45, 2.75) is 19.4 Å². The Labute approximate surface area is 153 Å². The lowest BCUT2D eigenvalue weighted by Crippen LogP contribution is -2.30. The Balaban J connectivity index is 1.80. The summed E-state index contributed by atoms with van der Waals surface area (Å²) in [6, 6.07) is 3.57. The van der Waals surface area contributed by atoms with Crippen LogP contribution < -0.4 is 11.1 Å². The zero-order valence-corrected chi connectivity index (χ0v) is 15.1. The summed E-state index contributed by atoms with van der Waals surface area (Å²) < 4.78 is 0. The van der Waals surface area contributed by atoms with Crippen LogP contribution in [0.25, 0.3) is 10.6 Å². The number of amides is 1. The van der Waals surface area contributed by atoms with E-state index in [-0.39, 0.29) is 5.69 Å². The summed E-state index contributed by atoms with van der Waals surface area (Å²) in [5.74, 6) is -0.127. The van der Waals surface area contributed by atoms with E-state index in [1.807, 2.05) is 13.8 Å². The van der Waals surface area contributed by atoms with Gasteiger partial charge in [0.25, 0.3) is 5.91 Å². The standard InChI is InChI=1S/C16H15ClN6OS/c1-16(2,12-10(17)4-3-5-19-12)23-15-20-6-9(7-21-15)14-22-11(8-25-14)13(18)24/h3-8H,1-2H3,(H2,18,24)(H,20,21,23). The first-order chi connectivity index (χ1) is 11.9. The highest BCUT2D eigenvalue weighted by atomic mass is 35.5. The van der Waals surface area contributed by atoms with Gasteiger partial charge in [-0.15, -0.1) is 11.3 Å². The van der Waals surface area contributed by atoms with Crippen molar-refractivity contribution < 1.29 is 4.79 Å². The molecular formula is C16H15ClN6OS. The van der Waals surface area contributed by atoms with Crippen LogP contribution >= 0.6 is 22.9 Å². The van der Waals surface area contributed by atoms with Gasteiger partial charge in [-0.05, 0) is 26.0 Å². The van der Waals surface area contributed by atoms with Crippen molar-refractivity contribution in [3.63, 3.8) is 0 Å². The quantitative estimate of drug-likeness (QED) is 0.710. The lowest BCUT2D eigenvalue weighted by atomic mass is 10.00. The van der Waals surface area contributed by atoms with Crippen LogP contribution in [0.15, 0.2) is 36.1 Å². The Morgan fingerprint density at radius 2 is 2.00 bits per heavy atom. The molecule has 3 aromatic rings. The van der Waals surface area contributed by atoms with Crippen molar-refractivity contribution in [2.75, 3.05) is 5.32 Å². The number of primary amides is 1. The lowest BCUT2D eigenvalue weighted by Gasteiger charge is -2.26. The Morgan fingerprint density at radius 3 is 2.60 bits per heavy atom. The second kappa shape index (κ2) is 6.73. The van der Waals surface area contributed by atoms with Crippen molar-refractivity contribution in [3.8, 4) is 10.6 Å². The molecule has 3 heterocycles. The van der Waals surface area contributed by atoms with Gasteiger partial charge < -0.3 is 11.1 Å². The third-order valence-electron chi connectivity index (χ3n) is 3.43. The molecule has 9 heteroatoms. The van der Waals surface area contributed by atoms with Crippen molar-refractivity contribution in [3.05, 3.63) is 52.5 Å². The lowest BCUT2D eigenvalue weighted by molar-refractivity contribution is 0.0996. The van der Waals surface area contributed by atoms with E-state index in [0.717, 1.165) is 0 Å². The van der Waals surface area contributed by atoms with Gasteiger partial charge in [-0.1, -0.05) is 11.6 Å². The Hall–Kier alpha value is -2.58. The van der Waals surface area contributed by atoms with Crippen LogP contribution in [0.4, 0.5) is 5.95 Å². The van der Waals surface area contributed by atoms with Crippen LogP contribution in [0.3, 0.4) is 0 Å². The second-order valence-electron chi connectivity index (χ2n) is 5.78. The first-order valence-corrected chi connectivity index (χ1v) is 8.59. The molecule has 0 atom stereocenters. The van der Waals surface area contributed by atoms with Crippen molar-refractivity contribution in [2.24, 2.45) is 5.73 Å². The topological polar surface area (TPSA) is 107 Å². The molecule has 7 nitrogen and oxygen atoms in total. The molecule has 0 fully saturated rings. The SMILES string of the molecule is CC(C)(Nc1ncc(-c2nc(C(N)=O)cs2)cn1)c1ncccc1Cl. The number of pyridine rings is 1. The fraction of sp³-hybridized carbons (Fsp3) is 0.188. The zero-order chi connectivity index (χ0) is 18.0. The second-order valence-corrected chi connectivity index (χ2v) is 7.05. The first-order valence-electron chi connectivity index (χ1n) is 7.34. The Morgan fingerprint density at radius 1 is 1.28 bits per heavy atom. The van der Waals surface area contributed by atoms with E-state index in [4.69, 9.17) is 17.3 Å². The number of carbonyl (C=O) groups is 1. The van der Waals surface area contributed by atoms with Crippen LogP contribution in [0.5, 0.6) is 0 Å². The van der Waals surface area contributed by atoms with Crippen LogP contribution in [0.1, 0.15) is 30.0 Å². The summed E-state index contributed by atoms with van der Waals surface area (Å²) in [7, 11) is 0. The molecule has 0 unspecified atom stereocenters. The van der Waals surface area contributed by atoms with Crippen LogP contribution in [-0.4, -0.2) is 25.8 Å². The highest BCUT2D eigenvalue weighted by Crippen LogP contribution is 2.28. The number of nitrogens with zero attached hydrogens (tertiary/aromatic N) is 4. The van der Waals surface area contributed by atoms with Crippen LogP contribution in [-0.2, 0) is 5.54 Å². The monoisotopic (exact) mass is 374 g/mol. The summed E-state index contributed by atoms with van der Waals surface area (Å²) in [4.78, 5) is 28.2. The molecule has 0 spiro atoms. The number of thiazole rings is 1. The van der Waals surface area contributed by atoms with Gasteiger partial charge in [0, 0.05) is 29.5 Å². The molecule has 3 N–H and O–H groups in total. The van der Waals surface area contributed by atoms with Gasteiger partial charge >= 0.3 is 0 Å². The third kappa shape index (κ3) is 3.75. The normalized spacial score (nSPS) is 11.3. The van der Waals surface area contributed by atoms with E-state index in [0.29, 0.717) is 27.2 Å². The maximum absolute atomic E-state index is 11.1. The van der Waals surface area contributed by atoms with Crippen LogP contribution in [0.2, 0.25) is 5.02 Å². The number of rotatable bonds is 5. The molecule has 3 rings (SSSR count). The average Bonchev–Trinajstić information content (AvgIpc) is 3.06. The fourth-order valence-electron chi connectivity index (χ4n) is 2.21. The molecule has 0 aliphatic heterocycles. The van der Waals surface area contributed by atoms with Gasteiger partial charge in [0.15, 0.2) is 0 Å². The summed E-state index contributed by atoms with van der Waals surface area (Å²) in [6.07, 6.45) is 4.96. The van der Waals surface area contributed by atoms with Gasteiger partial charge in [-0.25, -0.2) is 15.0 Å². The average molecular weight is 375 g/mol. The Kier molecular flexibility index (Phi) is 4.65. The largest absolute Gasteiger partial charge is 0.364 e. The third-order valence-corrected chi connectivity index (χ3v) is 4.63. The summed E-state index contributed by atoms with van der Waals surface area (Å²) in [5.41, 5.74) is 6.30. The van der Waals surface area contributed by atoms with Gasteiger partial charge in [0.1, 0.15) is 10.7 Å². The van der Waals surface area contributed by atoms with Crippen molar-refractivity contribution in [1.29, 1.82) is 0 Å². The molecule has 0 saturated heterocycles. The Bertz CT molecular complexity index is 909. The predicted octanol–water partition coefficient (Wildman–Crippen LogP) is 3.09. The number of nitrogens with two attached hydrogens (primary N) is 1. The van der Waals surface area contributed by atoms with E-state index in [1.54, 1.807) is 36.1 Å². The number of aromatic nitrogens is 4. The van der Waals surface area contributed by atoms with Gasteiger partial charge in [-0.3, -0.25) is 9.78 Å². The molecule has 0 radical (unpaired) electrons. The predicted molar refractivity (Wildman–Crippen MR) is 97.6 cm³/mol. The number of hydrogen-bond acceptors (Lipinski definition) is 7. The van der Waals surface area contributed by atoms with Gasteiger partial charge in [-0.2, -0.15) is 0 Å². The molecule has 25 heavy (non-hydrogen) atoms. The van der Waals surface area contributed by atoms with Gasteiger partial charge in [0.05, 0.1) is 16.3 Å². The van der Waals surface area contributed by atoms with Crippen molar-refractivity contribution in [1.82, 2.24) is 19.9 Å². The van der Waals surface area contributed by atoms with Gasteiger partial charge in [0.2, 0.25) is 5.95 Å². The van der Waals surface area contributed by atoms with E-state index < -0.39 is 11.4 Å². The fourth-order valence-corrected chi connectivity index (χ4v) is 3.35. The number of hydrogen-bond donors (Lipinski definition) is 2. The number of anilines is 1. The highest BCUT2D eigenvalue weighted by molar-refractivity contribution is 7.13. The molecular weight excluding hydrogens is 360 g/mol. The molecule has 0 aromatic carbocycles. The number of halogens is 1. The molecule has 1 amide bonds. The molecule has 0 aliphatic carbocycles. The van der Waals surface area contributed by atoms with Crippen LogP contribution in [0, 0.1) is 0 Å². The van der Waals surface area contributed by atoms with E-state index in [2.05, 4.69) is 25.3 Å². The van der Waals surface area contributed by atoms with E-state index in [9.17, 15) is 4.79 Å². The minimum absolute atomic E-state index is 0.230. The molecule has 0 bridgehead atoms. The van der Waals surface area contributed by atoms with E-state index >= 15 is 0 Å². The number of carbonyl (C=O) groups excluding carboxylic acids is 1. The minimum Gasteiger partial charge on any atom is -0.364 e. The zero-order valence-electron chi connectivity index (χ0n) is 13.5. The first kappa shape index (κ1) is 17.2.